The van der Waals surface area contributed by atoms with Crippen LogP contribution in [0.2, 0.25) is 0 Å². The fourth-order valence-electron chi connectivity index (χ4n) is 4.62. The summed E-state index contributed by atoms with van der Waals surface area (Å²) >= 11 is 0. The average Bonchev–Trinajstić information content (AvgIpc) is 3.08. The second-order valence-electron chi connectivity index (χ2n) is 8.02. The van der Waals surface area contributed by atoms with Crippen molar-refractivity contribution in [1.29, 1.82) is 0 Å². The minimum atomic E-state index is -1.06. The Morgan fingerprint density at radius 2 is 1.93 bits per heavy atom. The standard InChI is InChI=1S/C21H30N4O2S/c1-15-22-21-13-12-19(24-28(2)26)20(25(21)23-15)14-27-18-10-8-17(9-11-18)16-6-4-3-5-7-16/h3-7,17-20,24H,8-14H2,1-2H3. The first-order valence-corrected chi connectivity index (χ1v) is 11.8. The summed E-state index contributed by atoms with van der Waals surface area (Å²) < 4.78 is 23.3. The topological polar surface area (TPSA) is 69.0 Å². The zero-order chi connectivity index (χ0) is 19.5. The highest BCUT2D eigenvalue weighted by Crippen LogP contribution is 2.34. The summed E-state index contributed by atoms with van der Waals surface area (Å²) in [6.07, 6.45) is 8.27. The third-order valence-corrected chi connectivity index (χ3v) is 6.67. The monoisotopic (exact) mass is 402 g/mol. The van der Waals surface area contributed by atoms with Gasteiger partial charge in [0.1, 0.15) is 11.6 Å². The number of ether oxygens (including phenoxy) is 1. The second-order valence-corrected chi connectivity index (χ2v) is 9.17. The number of rotatable bonds is 6. The van der Waals surface area contributed by atoms with E-state index in [4.69, 9.17) is 4.74 Å². The Morgan fingerprint density at radius 3 is 2.64 bits per heavy atom. The van der Waals surface area contributed by atoms with Crippen molar-refractivity contribution in [2.75, 3.05) is 12.9 Å². The Balaban J connectivity index is 1.37. The molecule has 28 heavy (non-hydrogen) atoms. The van der Waals surface area contributed by atoms with Gasteiger partial charge < -0.3 is 4.74 Å². The minimum Gasteiger partial charge on any atom is -0.376 e. The minimum absolute atomic E-state index is 0.0423. The van der Waals surface area contributed by atoms with Gasteiger partial charge in [-0.2, -0.15) is 5.10 Å². The number of hydrogen-bond donors (Lipinski definition) is 1. The molecule has 2 heterocycles. The zero-order valence-corrected chi connectivity index (χ0v) is 17.5. The Labute approximate surface area is 169 Å². The Bertz CT molecular complexity index is 802. The van der Waals surface area contributed by atoms with Crippen LogP contribution in [0.5, 0.6) is 0 Å². The summed E-state index contributed by atoms with van der Waals surface area (Å²) in [5.74, 6) is 2.46. The first-order valence-electron chi connectivity index (χ1n) is 10.3. The van der Waals surface area contributed by atoms with E-state index in [0.717, 1.165) is 37.3 Å². The van der Waals surface area contributed by atoms with Crippen LogP contribution in [0, 0.1) is 6.92 Å². The fourth-order valence-corrected chi connectivity index (χ4v) is 5.32. The number of benzene rings is 1. The van der Waals surface area contributed by atoms with Gasteiger partial charge in [0.25, 0.3) is 0 Å². The molecule has 7 heteroatoms. The molecule has 1 aliphatic carbocycles. The molecule has 0 spiro atoms. The molecule has 0 saturated heterocycles. The number of nitrogens with zero attached hydrogens (tertiary/aromatic N) is 3. The van der Waals surface area contributed by atoms with E-state index >= 15 is 0 Å². The zero-order valence-electron chi connectivity index (χ0n) is 16.7. The summed E-state index contributed by atoms with van der Waals surface area (Å²) in [6, 6.07) is 11.0. The van der Waals surface area contributed by atoms with Gasteiger partial charge in [-0.25, -0.2) is 18.6 Å². The molecule has 2 aliphatic rings. The van der Waals surface area contributed by atoms with E-state index in [1.165, 1.54) is 18.4 Å². The van der Waals surface area contributed by atoms with Gasteiger partial charge in [0.05, 0.1) is 29.7 Å². The molecule has 1 aromatic heterocycles. The lowest BCUT2D eigenvalue weighted by Gasteiger charge is -2.34. The van der Waals surface area contributed by atoms with Gasteiger partial charge in [-0.3, -0.25) is 0 Å². The second kappa shape index (κ2) is 8.84. The van der Waals surface area contributed by atoms with Crippen molar-refractivity contribution in [2.45, 2.75) is 69.6 Å². The molecule has 3 atom stereocenters. The molecule has 1 saturated carbocycles. The van der Waals surface area contributed by atoms with E-state index in [2.05, 4.69) is 45.1 Å². The Morgan fingerprint density at radius 1 is 1.18 bits per heavy atom. The van der Waals surface area contributed by atoms with Crippen LogP contribution in [0.4, 0.5) is 0 Å². The molecular weight excluding hydrogens is 372 g/mol. The normalized spacial score (nSPS) is 28.6. The number of nitrogens with one attached hydrogen (secondary N) is 1. The van der Waals surface area contributed by atoms with Gasteiger partial charge in [0.15, 0.2) is 0 Å². The highest BCUT2D eigenvalue weighted by molar-refractivity contribution is 7.82. The van der Waals surface area contributed by atoms with E-state index in [9.17, 15) is 4.21 Å². The lowest BCUT2D eigenvalue weighted by atomic mass is 9.83. The quantitative estimate of drug-likeness (QED) is 0.806. The van der Waals surface area contributed by atoms with Crippen molar-refractivity contribution in [2.24, 2.45) is 0 Å². The maximum Gasteiger partial charge on any atom is 0.147 e. The molecule has 1 aromatic carbocycles. The predicted octanol–water partition coefficient (Wildman–Crippen LogP) is 3.07. The first kappa shape index (κ1) is 19.7. The van der Waals surface area contributed by atoms with Crippen LogP contribution in [0.1, 0.15) is 61.3 Å². The number of aromatic nitrogens is 3. The molecule has 152 valence electrons. The number of aryl methyl sites for hydroxylation is 2. The van der Waals surface area contributed by atoms with E-state index in [1.807, 2.05) is 11.6 Å². The molecular formula is C21H30N4O2S. The number of hydrogen-bond acceptors (Lipinski definition) is 4. The average molecular weight is 403 g/mol. The van der Waals surface area contributed by atoms with Crippen LogP contribution in [-0.2, 0) is 22.1 Å². The van der Waals surface area contributed by atoms with Gasteiger partial charge in [0, 0.05) is 18.7 Å². The van der Waals surface area contributed by atoms with E-state index < -0.39 is 11.0 Å². The van der Waals surface area contributed by atoms with Crippen LogP contribution in [0.25, 0.3) is 0 Å². The smallest absolute Gasteiger partial charge is 0.147 e. The molecule has 1 N–H and O–H groups in total. The summed E-state index contributed by atoms with van der Waals surface area (Å²) in [6.45, 7) is 2.51. The highest BCUT2D eigenvalue weighted by Gasteiger charge is 2.33. The molecule has 0 bridgehead atoms. The number of fused-ring (bicyclic) bond motifs is 1. The SMILES string of the molecule is Cc1nc2n(n1)C(COC1CCC(c3ccccc3)CC1)C(NS(C)=O)CC2. The third-order valence-electron chi connectivity index (χ3n) is 6.03. The summed E-state index contributed by atoms with van der Waals surface area (Å²) in [7, 11) is -1.06. The van der Waals surface area contributed by atoms with E-state index in [1.54, 1.807) is 6.26 Å². The van der Waals surface area contributed by atoms with Crippen molar-refractivity contribution >= 4 is 11.0 Å². The van der Waals surface area contributed by atoms with Gasteiger partial charge >= 0.3 is 0 Å². The van der Waals surface area contributed by atoms with Crippen LogP contribution in [0.15, 0.2) is 30.3 Å². The molecule has 1 fully saturated rings. The van der Waals surface area contributed by atoms with Gasteiger partial charge in [-0.15, -0.1) is 0 Å². The fraction of sp³-hybridized carbons (Fsp3) is 0.619. The molecule has 6 nitrogen and oxygen atoms in total. The van der Waals surface area contributed by atoms with Crippen molar-refractivity contribution in [1.82, 2.24) is 19.5 Å². The maximum atomic E-state index is 11.8. The lowest BCUT2D eigenvalue weighted by molar-refractivity contribution is -0.00342. The van der Waals surface area contributed by atoms with Crippen LogP contribution in [0.3, 0.4) is 0 Å². The highest BCUT2D eigenvalue weighted by atomic mass is 32.2. The summed E-state index contributed by atoms with van der Waals surface area (Å²) in [5, 5.41) is 4.59. The van der Waals surface area contributed by atoms with E-state index in [0.29, 0.717) is 18.6 Å². The van der Waals surface area contributed by atoms with Crippen molar-refractivity contribution in [3.8, 4) is 0 Å². The maximum absolute atomic E-state index is 11.8. The van der Waals surface area contributed by atoms with Gasteiger partial charge in [0.2, 0.25) is 0 Å². The summed E-state index contributed by atoms with van der Waals surface area (Å²) in [4.78, 5) is 4.55. The van der Waals surface area contributed by atoms with Gasteiger partial charge in [-0.1, -0.05) is 30.3 Å². The molecule has 1 aliphatic heterocycles. The predicted molar refractivity (Wildman–Crippen MR) is 110 cm³/mol. The third kappa shape index (κ3) is 4.53. The first-order chi connectivity index (χ1) is 13.6. The molecule has 2 aromatic rings. The summed E-state index contributed by atoms with van der Waals surface area (Å²) in [5.41, 5.74) is 1.45. The largest absolute Gasteiger partial charge is 0.376 e. The van der Waals surface area contributed by atoms with Crippen molar-refractivity contribution in [3.63, 3.8) is 0 Å². The molecule has 4 rings (SSSR count). The Kier molecular flexibility index (Phi) is 6.23. The molecule has 3 unspecified atom stereocenters. The Hall–Kier alpha value is -1.57. The van der Waals surface area contributed by atoms with Crippen LogP contribution in [-0.4, -0.2) is 44.0 Å². The van der Waals surface area contributed by atoms with Crippen molar-refractivity contribution < 1.29 is 8.95 Å². The van der Waals surface area contributed by atoms with Crippen molar-refractivity contribution in [3.05, 3.63) is 47.5 Å². The lowest BCUT2D eigenvalue weighted by Crippen LogP contribution is -2.45. The van der Waals surface area contributed by atoms with E-state index in [-0.39, 0.29) is 12.1 Å². The van der Waals surface area contributed by atoms with Gasteiger partial charge in [-0.05, 0) is 50.5 Å². The van der Waals surface area contributed by atoms with Crippen LogP contribution < -0.4 is 4.72 Å². The molecule has 0 radical (unpaired) electrons. The van der Waals surface area contributed by atoms with Crippen LogP contribution >= 0.6 is 0 Å². The molecule has 0 amide bonds.